The molecule has 4 heterocycles. The molecule has 0 N–H and O–H groups in total. The molecule has 0 saturated heterocycles. The minimum atomic E-state index is 0. The summed E-state index contributed by atoms with van der Waals surface area (Å²) in [7, 11) is 1.70. The Morgan fingerprint density at radius 2 is 1.26 bits per heavy atom. The Hall–Kier alpha value is -4.33. The first-order valence-corrected chi connectivity index (χ1v) is 13.8. The Morgan fingerprint density at radius 3 is 1.88 bits per heavy atom. The molecule has 0 bridgehead atoms. The molecule has 0 fully saturated rings. The van der Waals surface area contributed by atoms with Crippen molar-refractivity contribution in [3.8, 4) is 28.3 Å². The molecule has 0 spiro atoms. The van der Waals surface area contributed by atoms with Crippen LogP contribution in [0.4, 0.5) is 0 Å². The van der Waals surface area contributed by atoms with Gasteiger partial charge in [0.05, 0.1) is 12.8 Å². The average molecular weight is 694 g/mol. The average Bonchev–Trinajstić information content (AvgIpc) is 3.35. The third-order valence-electron chi connectivity index (χ3n) is 7.55. The van der Waals surface area contributed by atoms with E-state index in [1.165, 1.54) is 11.1 Å². The molecule has 0 saturated carbocycles. The molecule has 214 valence electrons. The lowest BCUT2D eigenvalue weighted by atomic mass is 10.1. The van der Waals surface area contributed by atoms with Gasteiger partial charge in [0.1, 0.15) is 12.7 Å². The van der Waals surface area contributed by atoms with Crippen LogP contribution in [0.5, 0.6) is 5.88 Å². The lowest BCUT2D eigenvalue weighted by Crippen LogP contribution is -3.00. The third-order valence-corrected chi connectivity index (χ3v) is 7.55. The number of hydrogen-bond acceptors (Lipinski definition) is 2. The van der Waals surface area contributed by atoms with E-state index < -0.39 is 0 Å². The fourth-order valence-electron chi connectivity index (χ4n) is 5.51. The van der Waals surface area contributed by atoms with Gasteiger partial charge in [-0.05, 0) is 17.2 Å². The van der Waals surface area contributed by atoms with Gasteiger partial charge in [-0.25, -0.2) is 14.1 Å². The number of ether oxygens (including phenoxy) is 1. The number of benzene rings is 3. The number of rotatable bonds is 7. The SMILES string of the molecule is COc1nc(-c2ccccc2)cc2c1[n+](Cc1ccccc1)c1ccc(-c3cc[n+](Cc4ccccc4)cc3)cn21.[Br-].[Br-]. The zero-order chi connectivity index (χ0) is 27.6. The van der Waals surface area contributed by atoms with Gasteiger partial charge in [0.15, 0.2) is 24.5 Å². The van der Waals surface area contributed by atoms with Crippen molar-refractivity contribution in [2.75, 3.05) is 7.11 Å². The van der Waals surface area contributed by atoms with Crippen LogP contribution < -0.4 is 47.8 Å². The highest BCUT2D eigenvalue weighted by atomic mass is 79.9. The number of halogens is 2. The fraction of sp³-hybridized carbons (Fsp3) is 0.0833. The molecule has 0 atom stereocenters. The van der Waals surface area contributed by atoms with Gasteiger partial charge in [-0.1, -0.05) is 91.0 Å². The molecule has 0 aliphatic rings. The Morgan fingerprint density at radius 1 is 0.651 bits per heavy atom. The van der Waals surface area contributed by atoms with Crippen LogP contribution in [0, 0.1) is 0 Å². The Kier molecular flexibility index (Phi) is 9.34. The van der Waals surface area contributed by atoms with E-state index in [1.54, 1.807) is 7.11 Å². The number of pyridine rings is 3. The summed E-state index contributed by atoms with van der Waals surface area (Å²) in [6.07, 6.45) is 6.52. The summed E-state index contributed by atoms with van der Waals surface area (Å²) in [5.74, 6) is 0.615. The van der Waals surface area contributed by atoms with Crippen molar-refractivity contribution in [3.63, 3.8) is 0 Å². The van der Waals surface area contributed by atoms with E-state index in [9.17, 15) is 0 Å². The maximum atomic E-state index is 5.93. The summed E-state index contributed by atoms with van der Waals surface area (Å²) in [5.41, 5.74) is 9.85. The first-order chi connectivity index (χ1) is 20.3. The van der Waals surface area contributed by atoms with Crippen LogP contribution in [-0.2, 0) is 13.1 Å². The van der Waals surface area contributed by atoms with Crippen molar-refractivity contribution in [1.82, 2.24) is 9.38 Å². The number of imidazole rings is 1. The van der Waals surface area contributed by atoms with E-state index in [-0.39, 0.29) is 34.0 Å². The largest absolute Gasteiger partial charge is 1.00 e. The second-order valence-corrected chi connectivity index (χ2v) is 10.2. The van der Waals surface area contributed by atoms with Gasteiger partial charge >= 0.3 is 0 Å². The minimum Gasteiger partial charge on any atom is -1.00 e. The maximum absolute atomic E-state index is 5.93. The number of aromatic nitrogens is 4. The van der Waals surface area contributed by atoms with Crippen molar-refractivity contribution in [1.29, 1.82) is 0 Å². The Labute approximate surface area is 272 Å². The molecule has 7 rings (SSSR count). The normalized spacial score (nSPS) is 10.7. The molecule has 0 aliphatic heterocycles. The van der Waals surface area contributed by atoms with Crippen molar-refractivity contribution in [2.45, 2.75) is 13.1 Å². The maximum Gasteiger partial charge on any atom is 0.287 e. The van der Waals surface area contributed by atoms with Crippen molar-refractivity contribution in [3.05, 3.63) is 151 Å². The molecular formula is C36H30Br2N4O. The van der Waals surface area contributed by atoms with E-state index in [0.29, 0.717) is 12.4 Å². The van der Waals surface area contributed by atoms with Gasteiger partial charge < -0.3 is 38.7 Å². The van der Waals surface area contributed by atoms with E-state index in [1.807, 2.05) is 24.3 Å². The molecule has 5 nitrogen and oxygen atoms in total. The molecule has 43 heavy (non-hydrogen) atoms. The lowest BCUT2D eigenvalue weighted by Gasteiger charge is -2.06. The first-order valence-electron chi connectivity index (χ1n) is 13.8. The Balaban J connectivity index is 0.00000184. The summed E-state index contributed by atoms with van der Waals surface area (Å²) < 4.78 is 12.7. The molecule has 0 radical (unpaired) electrons. The van der Waals surface area contributed by atoms with Gasteiger partial charge in [-0.3, -0.25) is 0 Å². The first kappa shape index (κ1) is 30.1. The van der Waals surface area contributed by atoms with E-state index in [4.69, 9.17) is 9.72 Å². The zero-order valence-electron chi connectivity index (χ0n) is 23.6. The third kappa shape index (κ3) is 6.10. The van der Waals surface area contributed by atoms with Gasteiger partial charge in [-0.2, -0.15) is 4.40 Å². The highest BCUT2D eigenvalue weighted by Gasteiger charge is 2.26. The summed E-state index contributed by atoms with van der Waals surface area (Å²) in [6.45, 7) is 1.55. The van der Waals surface area contributed by atoms with Gasteiger partial charge in [0, 0.05) is 41.0 Å². The van der Waals surface area contributed by atoms with Gasteiger partial charge in [-0.15, -0.1) is 0 Å². The van der Waals surface area contributed by atoms with Crippen LogP contribution in [0.3, 0.4) is 0 Å². The molecule has 3 aromatic carbocycles. The van der Waals surface area contributed by atoms with Crippen LogP contribution in [-0.4, -0.2) is 16.5 Å². The lowest BCUT2D eigenvalue weighted by molar-refractivity contribution is -0.688. The smallest absolute Gasteiger partial charge is 0.287 e. The molecule has 7 heteroatoms. The quantitative estimate of drug-likeness (QED) is 0.228. The predicted molar refractivity (Wildman–Crippen MR) is 162 cm³/mol. The summed E-state index contributed by atoms with van der Waals surface area (Å²) >= 11 is 0. The zero-order valence-corrected chi connectivity index (χ0v) is 26.8. The van der Waals surface area contributed by atoms with Crippen LogP contribution >= 0.6 is 0 Å². The molecule has 0 unspecified atom stereocenters. The second kappa shape index (κ2) is 13.3. The van der Waals surface area contributed by atoms with E-state index >= 15 is 0 Å². The molecule has 7 aromatic rings. The van der Waals surface area contributed by atoms with Gasteiger partial charge in [0.25, 0.3) is 11.5 Å². The monoisotopic (exact) mass is 692 g/mol. The molecule has 0 amide bonds. The molecule has 4 aromatic heterocycles. The van der Waals surface area contributed by atoms with E-state index in [2.05, 4.69) is 129 Å². The van der Waals surface area contributed by atoms with Crippen molar-refractivity contribution in [2.24, 2.45) is 0 Å². The minimum absolute atomic E-state index is 0. The number of methoxy groups -OCH3 is 1. The van der Waals surface area contributed by atoms with E-state index in [0.717, 1.165) is 45.6 Å². The number of nitrogens with zero attached hydrogens (tertiary/aromatic N) is 4. The number of fused-ring (bicyclic) bond motifs is 3. The summed E-state index contributed by atoms with van der Waals surface area (Å²) in [6, 6.07) is 42.3. The summed E-state index contributed by atoms with van der Waals surface area (Å²) in [5, 5.41) is 0. The van der Waals surface area contributed by atoms with Crippen LogP contribution in [0.2, 0.25) is 0 Å². The topological polar surface area (TPSA) is 34.3 Å². The van der Waals surface area contributed by atoms with Crippen LogP contribution in [0.1, 0.15) is 11.1 Å². The van der Waals surface area contributed by atoms with Crippen LogP contribution in [0.15, 0.2) is 140 Å². The summed E-state index contributed by atoms with van der Waals surface area (Å²) in [4.78, 5) is 4.95. The molecule has 0 aliphatic carbocycles. The standard InChI is InChI=1S/C36H30N4O.2BrH/c1-41-36-35-33(23-32(37-36)30-15-9-4-10-16-30)39-26-31(17-18-34(39)40(35)25-28-13-7-3-8-14-28)29-19-21-38(22-20-29)24-27-11-5-2-6-12-27;;/h2-23,26H,24-25H2,1H3;2*1H/q+2;;/p-2. The van der Waals surface area contributed by atoms with Gasteiger partial charge in [0.2, 0.25) is 5.52 Å². The predicted octanol–water partition coefficient (Wildman–Crippen LogP) is 0.510. The Bertz CT molecular complexity index is 1960. The second-order valence-electron chi connectivity index (χ2n) is 10.2. The molecular weight excluding hydrogens is 664 g/mol. The fourth-order valence-corrected chi connectivity index (χ4v) is 5.51. The number of hydrogen-bond donors (Lipinski definition) is 0. The highest BCUT2D eigenvalue weighted by Crippen LogP contribution is 2.30. The highest BCUT2D eigenvalue weighted by molar-refractivity contribution is 5.85. The van der Waals surface area contributed by atoms with Crippen molar-refractivity contribution >= 4 is 16.7 Å². The van der Waals surface area contributed by atoms with Crippen molar-refractivity contribution < 1.29 is 47.8 Å². The van der Waals surface area contributed by atoms with Crippen LogP contribution in [0.25, 0.3) is 39.1 Å².